The average Bonchev–Trinajstić information content (AvgIpc) is 2.23. The van der Waals surface area contributed by atoms with Crippen LogP contribution in [0.5, 0.6) is 0 Å². The maximum absolute atomic E-state index is 2.65. The van der Waals surface area contributed by atoms with Gasteiger partial charge in [0.05, 0.1) is 0 Å². The maximum Gasteiger partial charge on any atom is 0.00123 e. The van der Waals surface area contributed by atoms with Crippen molar-refractivity contribution >= 4 is 0 Å². The van der Waals surface area contributed by atoms with E-state index in [-0.39, 0.29) is 0 Å². The van der Waals surface area contributed by atoms with Crippen LogP contribution in [0.25, 0.3) is 0 Å². The second-order valence-electron chi connectivity index (χ2n) is 4.19. The van der Waals surface area contributed by atoms with Gasteiger partial charge in [0.2, 0.25) is 0 Å². The largest absolute Gasteiger partial charge is 0.303 e. The van der Waals surface area contributed by atoms with E-state index in [9.17, 15) is 0 Å². The lowest BCUT2D eigenvalue weighted by Crippen LogP contribution is -2.47. The Morgan fingerprint density at radius 1 is 1.15 bits per heavy atom. The Labute approximate surface area is 83.5 Å². The van der Waals surface area contributed by atoms with Gasteiger partial charge in [-0.25, -0.2) is 0 Å². The molecule has 13 heavy (non-hydrogen) atoms. The summed E-state index contributed by atoms with van der Waals surface area (Å²) in [6.07, 6.45) is 5.84. The van der Waals surface area contributed by atoms with Crippen LogP contribution in [0.4, 0.5) is 0 Å². The zero-order valence-electron chi connectivity index (χ0n) is 9.55. The third-order valence-corrected chi connectivity index (χ3v) is 3.45. The van der Waals surface area contributed by atoms with Gasteiger partial charge in [0.1, 0.15) is 0 Å². The van der Waals surface area contributed by atoms with E-state index in [4.69, 9.17) is 0 Å². The quantitative estimate of drug-likeness (QED) is 0.635. The maximum atomic E-state index is 2.65. The van der Waals surface area contributed by atoms with Crippen molar-refractivity contribution in [2.75, 3.05) is 19.6 Å². The summed E-state index contributed by atoms with van der Waals surface area (Å²) in [5.74, 6) is 2.16. The van der Waals surface area contributed by atoms with Crippen molar-refractivity contribution in [1.29, 1.82) is 0 Å². The van der Waals surface area contributed by atoms with Gasteiger partial charge in [0.25, 0.3) is 0 Å². The number of nitrogens with zero attached hydrogens (tertiary/aromatic N) is 1. The van der Waals surface area contributed by atoms with E-state index in [0.29, 0.717) is 0 Å². The van der Waals surface area contributed by atoms with E-state index in [2.05, 4.69) is 11.8 Å². The van der Waals surface area contributed by atoms with E-state index >= 15 is 0 Å². The summed E-state index contributed by atoms with van der Waals surface area (Å²) < 4.78 is 0. The first-order valence-corrected chi connectivity index (χ1v) is 6.12. The summed E-state index contributed by atoms with van der Waals surface area (Å²) in [5.41, 5.74) is 0. The van der Waals surface area contributed by atoms with Crippen molar-refractivity contribution in [1.82, 2.24) is 4.90 Å². The van der Waals surface area contributed by atoms with Crippen LogP contribution in [0.3, 0.4) is 0 Å². The third-order valence-electron chi connectivity index (χ3n) is 3.45. The van der Waals surface area contributed by atoms with Gasteiger partial charge in [-0.15, -0.1) is 0 Å². The minimum absolute atomic E-state index is 1.06. The van der Waals surface area contributed by atoms with Crippen LogP contribution in [0.15, 0.2) is 0 Å². The predicted molar refractivity (Wildman–Crippen MR) is 58.9 cm³/mol. The fourth-order valence-electron chi connectivity index (χ4n) is 2.79. The fraction of sp³-hybridized carbons (Fsp3) is 1.00. The molecule has 0 aromatic rings. The molecule has 1 atom stereocenters. The third kappa shape index (κ3) is 2.70. The van der Waals surface area contributed by atoms with Crippen LogP contribution in [0.2, 0.25) is 0 Å². The molecule has 1 unspecified atom stereocenters. The summed E-state index contributed by atoms with van der Waals surface area (Å²) in [7, 11) is 0. The molecule has 3 rings (SSSR count). The van der Waals surface area contributed by atoms with Gasteiger partial charge in [-0.05, 0) is 44.2 Å². The molecule has 3 fully saturated rings. The SMILES string of the molecule is CC.CCCC1CN2CCC1CC2. The van der Waals surface area contributed by atoms with Gasteiger partial charge in [-0.2, -0.15) is 0 Å². The summed E-state index contributed by atoms with van der Waals surface area (Å²) in [6.45, 7) is 10.5. The lowest BCUT2D eigenvalue weighted by atomic mass is 9.77. The molecule has 0 spiro atoms. The molecule has 0 aliphatic carbocycles. The van der Waals surface area contributed by atoms with Crippen LogP contribution in [0, 0.1) is 11.8 Å². The van der Waals surface area contributed by atoms with Crippen LogP contribution >= 0.6 is 0 Å². The second-order valence-corrected chi connectivity index (χ2v) is 4.19. The Balaban J connectivity index is 0.000000396. The minimum Gasteiger partial charge on any atom is -0.303 e. The minimum atomic E-state index is 1.06. The Kier molecular flexibility index (Phi) is 4.79. The Hall–Kier alpha value is -0.0400. The monoisotopic (exact) mass is 183 g/mol. The molecule has 1 heteroatoms. The molecule has 3 aliphatic heterocycles. The van der Waals surface area contributed by atoms with Crippen molar-refractivity contribution in [2.24, 2.45) is 11.8 Å². The van der Waals surface area contributed by atoms with Gasteiger partial charge in [-0.3, -0.25) is 0 Å². The molecule has 0 aromatic heterocycles. The number of hydrogen-bond donors (Lipinski definition) is 0. The molecule has 3 aliphatic rings. The summed E-state index contributed by atoms with van der Waals surface area (Å²) in [4.78, 5) is 2.65. The highest BCUT2D eigenvalue weighted by molar-refractivity contribution is 4.85. The van der Waals surface area contributed by atoms with Crippen molar-refractivity contribution in [3.63, 3.8) is 0 Å². The van der Waals surface area contributed by atoms with Gasteiger partial charge in [-0.1, -0.05) is 27.2 Å². The number of piperidine rings is 3. The van der Waals surface area contributed by atoms with Crippen LogP contribution in [-0.2, 0) is 0 Å². The predicted octanol–water partition coefficient (Wildman–Crippen LogP) is 3.15. The van der Waals surface area contributed by atoms with Crippen LogP contribution in [-0.4, -0.2) is 24.5 Å². The van der Waals surface area contributed by atoms with Gasteiger partial charge >= 0.3 is 0 Å². The van der Waals surface area contributed by atoms with Crippen LogP contribution < -0.4 is 0 Å². The zero-order valence-corrected chi connectivity index (χ0v) is 9.55. The molecule has 0 saturated carbocycles. The zero-order chi connectivity index (χ0) is 9.68. The molecule has 0 aromatic carbocycles. The smallest absolute Gasteiger partial charge is 0.00123 e. The lowest BCUT2D eigenvalue weighted by molar-refractivity contribution is 0.0464. The van der Waals surface area contributed by atoms with Crippen molar-refractivity contribution in [3.05, 3.63) is 0 Å². The molecular formula is C12H25N. The first-order chi connectivity index (χ1) is 6.40. The highest BCUT2D eigenvalue weighted by Crippen LogP contribution is 2.34. The highest BCUT2D eigenvalue weighted by atomic mass is 15.1. The van der Waals surface area contributed by atoms with Crippen molar-refractivity contribution in [2.45, 2.75) is 46.5 Å². The molecule has 0 N–H and O–H groups in total. The molecule has 3 heterocycles. The summed E-state index contributed by atoms with van der Waals surface area (Å²) in [6, 6.07) is 0. The Morgan fingerprint density at radius 2 is 1.77 bits per heavy atom. The standard InChI is InChI=1S/C10H19N.C2H6/c1-2-3-10-8-11-6-4-9(10)5-7-11;1-2/h9-10H,2-8H2,1H3;1-2H3. The van der Waals surface area contributed by atoms with E-state index in [1.54, 1.807) is 0 Å². The topological polar surface area (TPSA) is 3.24 Å². The van der Waals surface area contributed by atoms with E-state index in [1.807, 2.05) is 13.8 Å². The van der Waals surface area contributed by atoms with E-state index < -0.39 is 0 Å². The first-order valence-electron chi connectivity index (χ1n) is 6.12. The molecule has 1 nitrogen and oxygen atoms in total. The van der Waals surface area contributed by atoms with Gasteiger partial charge in [0, 0.05) is 6.54 Å². The van der Waals surface area contributed by atoms with Gasteiger partial charge < -0.3 is 4.90 Å². The number of hydrogen-bond acceptors (Lipinski definition) is 1. The normalized spacial score (nSPS) is 36.7. The second kappa shape index (κ2) is 5.64. The molecule has 0 radical (unpaired) electrons. The van der Waals surface area contributed by atoms with Gasteiger partial charge in [0.15, 0.2) is 0 Å². The van der Waals surface area contributed by atoms with Crippen molar-refractivity contribution < 1.29 is 0 Å². The Bertz CT molecular complexity index is 125. The van der Waals surface area contributed by atoms with Crippen molar-refractivity contribution in [3.8, 4) is 0 Å². The number of fused-ring (bicyclic) bond motifs is 3. The fourth-order valence-corrected chi connectivity index (χ4v) is 2.79. The summed E-state index contributed by atoms with van der Waals surface area (Å²) in [5, 5.41) is 0. The molecule has 3 saturated heterocycles. The summed E-state index contributed by atoms with van der Waals surface area (Å²) >= 11 is 0. The van der Waals surface area contributed by atoms with Crippen LogP contribution in [0.1, 0.15) is 46.5 Å². The average molecular weight is 183 g/mol. The lowest BCUT2D eigenvalue weighted by Gasteiger charge is -2.44. The molecule has 0 amide bonds. The molecule has 78 valence electrons. The molecule has 2 bridgehead atoms. The number of rotatable bonds is 2. The molecular weight excluding hydrogens is 158 g/mol. The Morgan fingerprint density at radius 3 is 2.15 bits per heavy atom. The van der Waals surface area contributed by atoms with E-state index in [0.717, 1.165) is 11.8 Å². The first kappa shape index (κ1) is 11.0. The van der Waals surface area contributed by atoms with E-state index in [1.165, 1.54) is 45.3 Å². The highest BCUT2D eigenvalue weighted by Gasteiger charge is 2.32.